The third-order valence-corrected chi connectivity index (χ3v) is 2.17. The van der Waals surface area contributed by atoms with E-state index in [2.05, 4.69) is 19.7 Å². The predicted molar refractivity (Wildman–Crippen MR) is 75.2 cm³/mol. The summed E-state index contributed by atoms with van der Waals surface area (Å²) < 4.78 is 5.35. The largest absolute Gasteiger partial charge is 0.502 e. The first kappa shape index (κ1) is 13.5. The highest BCUT2D eigenvalue weighted by Crippen LogP contribution is 2.20. The minimum Gasteiger partial charge on any atom is -0.502 e. The lowest BCUT2D eigenvalue weighted by Crippen LogP contribution is -2.07. The van der Waals surface area contributed by atoms with Gasteiger partial charge >= 0.3 is 0 Å². The van der Waals surface area contributed by atoms with Crippen molar-refractivity contribution in [3.05, 3.63) is 71.3 Å². The van der Waals surface area contributed by atoms with Crippen LogP contribution in [0.15, 0.2) is 53.3 Å². The molecule has 0 saturated carbocycles. The van der Waals surface area contributed by atoms with Gasteiger partial charge in [-0.15, -0.1) is 0 Å². The van der Waals surface area contributed by atoms with Crippen LogP contribution < -0.4 is 5.43 Å². The van der Waals surface area contributed by atoms with Crippen molar-refractivity contribution in [2.75, 3.05) is 0 Å². The minimum atomic E-state index is -0.529. The van der Waals surface area contributed by atoms with E-state index >= 15 is 0 Å². The van der Waals surface area contributed by atoms with Crippen LogP contribution in [0.1, 0.15) is 17.1 Å². The van der Waals surface area contributed by atoms with Crippen LogP contribution in [0.4, 0.5) is 0 Å². The summed E-state index contributed by atoms with van der Waals surface area (Å²) >= 11 is 0. The van der Waals surface area contributed by atoms with Crippen molar-refractivity contribution in [2.45, 2.75) is 0 Å². The molecule has 0 bridgehead atoms. The van der Waals surface area contributed by atoms with E-state index in [1.165, 1.54) is 18.2 Å². The molecule has 1 aromatic heterocycles. The van der Waals surface area contributed by atoms with E-state index in [0.29, 0.717) is 0 Å². The molecule has 0 amide bonds. The number of rotatable bonds is 5. The third-order valence-electron chi connectivity index (χ3n) is 2.17. The Kier molecular flexibility index (Phi) is 4.69. The quantitative estimate of drug-likeness (QED) is 0.805. The summed E-state index contributed by atoms with van der Waals surface area (Å²) in [5.41, 5.74) is -0.334. The zero-order chi connectivity index (χ0) is 13.5. The Hall–Kier alpha value is -2.55. The first-order valence-corrected chi connectivity index (χ1v) is 5.26. The first-order valence-electron chi connectivity index (χ1n) is 5.26. The summed E-state index contributed by atoms with van der Waals surface area (Å²) in [7, 11) is 0. The maximum Gasteiger partial charge on any atom is 0.234 e. The fourth-order valence-electron chi connectivity index (χ4n) is 1.32. The van der Waals surface area contributed by atoms with Gasteiger partial charge in [-0.1, -0.05) is 50.1 Å². The second-order valence-corrected chi connectivity index (χ2v) is 3.31. The normalized spacial score (nSPS) is 10.9. The zero-order valence-corrected chi connectivity index (χ0v) is 9.93. The van der Waals surface area contributed by atoms with E-state index in [-0.39, 0.29) is 17.1 Å². The minimum absolute atomic E-state index is 0.0780. The third kappa shape index (κ3) is 2.77. The smallest absolute Gasteiger partial charge is 0.234 e. The molecule has 0 saturated heterocycles. The summed E-state index contributed by atoms with van der Waals surface area (Å²) in [4.78, 5) is 11.8. The van der Waals surface area contributed by atoms with Crippen LogP contribution >= 0.6 is 0 Å². The molecule has 0 spiro atoms. The van der Waals surface area contributed by atoms with Gasteiger partial charge in [0.25, 0.3) is 0 Å². The lowest BCUT2D eigenvalue weighted by Gasteiger charge is -2.03. The van der Waals surface area contributed by atoms with Crippen LogP contribution in [0.25, 0.3) is 18.2 Å². The number of hydrogen-bond donors (Lipinski definition) is 1. The molecular formula is C15H14O3. The van der Waals surface area contributed by atoms with Crippen LogP contribution in [0.2, 0.25) is 0 Å². The Morgan fingerprint density at radius 2 is 1.72 bits per heavy atom. The van der Waals surface area contributed by atoms with Crippen molar-refractivity contribution in [3.63, 3.8) is 0 Å². The van der Waals surface area contributed by atoms with Crippen molar-refractivity contribution < 1.29 is 9.52 Å². The molecule has 0 aliphatic heterocycles. The van der Waals surface area contributed by atoms with Crippen LogP contribution in [0.3, 0.4) is 0 Å². The number of hydrogen-bond acceptors (Lipinski definition) is 3. The molecule has 18 heavy (non-hydrogen) atoms. The average Bonchev–Trinajstić information content (AvgIpc) is 2.39. The molecule has 1 N–H and O–H groups in total. The molecule has 0 radical (unpaired) electrons. The van der Waals surface area contributed by atoms with E-state index in [1.807, 2.05) is 0 Å². The molecule has 1 heterocycles. The van der Waals surface area contributed by atoms with Gasteiger partial charge < -0.3 is 9.52 Å². The van der Waals surface area contributed by atoms with Crippen molar-refractivity contribution in [3.8, 4) is 5.75 Å². The van der Waals surface area contributed by atoms with Gasteiger partial charge in [-0.05, 0) is 12.2 Å². The molecule has 0 aliphatic rings. The van der Waals surface area contributed by atoms with Gasteiger partial charge in [-0.2, -0.15) is 0 Å². The molecule has 1 aromatic rings. The van der Waals surface area contributed by atoms with Gasteiger partial charge in [0.05, 0.1) is 5.56 Å². The summed E-state index contributed by atoms with van der Waals surface area (Å²) in [6, 6.07) is 0. The second-order valence-electron chi connectivity index (χ2n) is 3.31. The summed E-state index contributed by atoms with van der Waals surface area (Å²) in [6.07, 6.45) is 10.8. The molecule has 0 aliphatic carbocycles. The van der Waals surface area contributed by atoms with Crippen LogP contribution in [0.5, 0.6) is 5.75 Å². The van der Waals surface area contributed by atoms with Crippen molar-refractivity contribution >= 4 is 18.2 Å². The number of allylic oxidation sites excluding steroid dienone is 4. The molecule has 92 valence electrons. The Balaban J connectivity index is 3.34. The van der Waals surface area contributed by atoms with Gasteiger partial charge in [0.1, 0.15) is 5.76 Å². The van der Waals surface area contributed by atoms with E-state index in [0.717, 1.165) is 0 Å². The highest BCUT2D eigenvalue weighted by molar-refractivity contribution is 5.64. The predicted octanol–water partition coefficient (Wildman–Crippen LogP) is 3.39. The average molecular weight is 242 g/mol. The van der Waals surface area contributed by atoms with E-state index < -0.39 is 11.2 Å². The summed E-state index contributed by atoms with van der Waals surface area (Å²) in [6.45, 7) is 10.6. The second kappa shape index (κ2) is 6.25. The zero-order valence-electron chi connectivity index (χ0n) is 9.93. The van der Waals surface area contributed by atoms with Gasteiger partial charge in [0.15, 0.2) is 5.76 Å². The molecule has 0 atom stereocenters. The maximum atomic E-state index is 11.8. The fourth-order valence-corrected chi connectivity index (χ4v) is 1.32. The van der Waals surface area contributed by atoms with E-state index in [4.69, 9.17) is 4.42 Å². The molecule has 0 unspecified atom stereocenters. The lowest BCUT2D eigenvalue weighted by atomic mass is 10.1. The van der Waals surface area contributed by atoms with Gasteiger partial charge in [-0.25, -0.2) is 0 Å². The van der Waals surface area contributed by atoms with Crippen LogP contribution in [0, 0.1) is 0 Å². The van der Waals surface area contributed by atoms with Gasteiger partial charge in [0.2, 0.25) is 11.2 Å². The Morgan fingerprint density at radius 3 is 2.28 bits per heavy atom. The van der Waals surface area contributed by atoms with Crippen LogP contribution in [-0.2, 0) is 0 Å². The fraction of sp³-hybridized carbons (Fsp3) is 0. The number of aromatic hydroxyl groups is 1. The Labute approximate surface area is 105 Å². The van der Waals surface area contributed by atoms with Crippen molar-refractivity contribution in [2.24, 2.45) is 0 Å². The summed E-state index contributed by atoms with van der Waals surface area (Å²) in [5.74, 6) is -0.0897. The van der Waals surface area contributed by atoms with E-state index in [1.54, 1.807) is 24.3 Å². The molecule has 0 aromatic carbocycles. The summed E-state index contributed by atoms with van der Waals surface area (Å²) in [5, 5.41) is 9.70. The van der Waals surface area contributed by atoms with Gasteiger partial charge in [-0.3, -0.25) is 4.79 Å². The highest BCUT2D eigenvalue weighted by atomic mass is 16.4. The lowest BCUT2D eigenvalue weighted by molar-refractivity contribution is 0.420. The highest BCUT2D eigenvalue weighted by Gasteiger charge is 2.12. The Bertz CT molecular complexity index is 586. The molecule has 1 rings (SSSR count). The van der Waals surface area contributed by atoms with E-state index in [9.17, 15) is 9.90 Å². The standard InChI is InChI=1S/C15H14O3/c1-4-7-8-9-10-13-15(17)14(16)11(5-2)12(6-3)18-13/h4-10,17H,1-3H2/b8-7-,10-9+. The molecule has 0 fully saturated rings. The van der Waals surface area contributed by atoms with Crippen molar-refractivity contribution in [1.82, 2.24) is 0 Å². The monoisotopic (exact) mass is 242 g/mol. The maximum absolute atomic E-state index is 11.8. The molecular weight excluding hydrogens is 228 g/mol. The topological polar surface area (TPSA) is 50.4 Å². The Morgan fingerprint density at radius 1 is 1.00 bits per heavy atom. The van der Waals surface area contributed by atoms with Crippen molar-refractivity contribution in [1.29, 1.82) is 0 Å². The SMILES string of the molecule is C=C/C=C\C=C\c1oc(C=C)c(C=C)c(=O)c1O. The first-order chi connectivity index (χ1) is 8.65. The van der Waals surface area contributed by atoms with Gasteiger partial charge in [0, 0.05) is 0 Å². The van der Waals surface area contributed by atoms with Crippen LogP contribution in [-0.4, -0.2) is 5.11 Å². The molecule has 3 nitrogen and oxygen atoms in total. The molecule has 3 heteroatoms.